The third-order valence-electron chi connectivity index (χ3n) is 4.03. The van der Waals surface area contributed by atoms with Crippen LogP contribution in [0.5, 0.6) is 5.75 Å². The van der Waals surface area contributed by atoms with Crippen LogP contribution in [0.15, 0.2) is 36.4 Å². The molecule has 0 aliphatic carbocycles. The summed E-state index contributed by atoms with van der Waals surface area (Å²) in [4.78, 5) is 10.7. The second kappa shape index (κ2) is 13.6. The first-order valence-corrected chi connectivity index (χ1v) is 9.35. The molecule has 1 aromatic carbocycles. The summed E-state index contributed by atoms with van der Waals surface area (Å²) >= 11 is 0. The Kier molecular flexibility index (Phi) is 11.5. The molecule has 0 saturated carbocycles. The van der Waals surface area contributed by atoms with Gasteiger partial charge in [-0.1, -0.05) is 57.6 Å². The summed E-state index contributed by atoms with van der Waals surface area (Å²) in [5.41, 5.74) is 0.288. The van der Waals surface area contributed by atoms with Gasteiger partial charge in [0.2, 0.25) is 0 Å². The van der Waals surface area contributed by atoms with Gasteiger partial charge in [-0.3, -0.25) is 0 Å². The first-order valence-electron chi connectivity index (χ1n) is 9.35. The maximum absolute atomic E-state index is 10.7. The molecule has 0 unspecified atom stereocenters. The maximum atomic E-state index is 10.7. The number of carbonyl (C=O) groups is 1. The quantitative estimate of drug-likeness (QED) is 0.324. The minimum Gasteiger partial charge on any atom is -0.494 e. The van der Waals surface area contributed by atoms with Crippen molar-refractivity contribution in [1.29, 1.82) is 0 Å². The number of unbranched alkanes of at least 4 members (excludes halogenated alkanes) is 8. The second-order valence-electron chi connectivity index (χ2n) is 6.20. The van der Waals surface area contributed by atoms with Crippen molar-refractivity contribution in [3.63, 3.8) is 0 Å². The molecule has 3 heteroatoms. The van der Waals surface area contributed by atoms with E-state index in [0.29, 0.717) is 6.61 Å². The lowest BCUT2D eigenvalue weighted by Gasteiger charge is -2.05. The third-order valence-corrected chi connectivity index (χ3v) is 4.03. The van der Waals surface area contributed by atoms with Crippen LogP contribution in [0.3, 0.4) is 0 Å². The van der Waals surface area contributed by atoms with Gasteiger partial charge in [0.1, 0.15) is 5.75 Å². The molecule has 1 rings (SSSR count). The van der Waals surface area contributed by atoms with Gasteiger partial charge in [0.05, 0.1) is 12.2 Å². The molecule has 1 N–H and O–H groups in total. The molecule has 0 bridgehead atoms. The van der Waals surface area contributed by atoms with Crippen LogP contribution in [-0.4, -0.2) is 17.7 Å². The predicted octanol–water partition coefficient (Wildman–Crippen LogP) is 6.24. The van der Waals surface area contributed by atoms with Crippen LogP contribution in [0.4, 0.5) is 0 Å². The largest absolute Gasteiger partial charge is 0.494 e. The van der Waals surface area contributed by atoms with Crippen molar-refractivity contribution in [3.8, 4) is 5.75 Å². The molecule has 0 aliphatic heterocycles. The fourth-order valence-electron chi connectivity index (χ4n) is 2.54. The smallest absolute Gasteiger partial charge is 0.335 e. The van der Waals surface area contributed by atoms with Gasteiger partial charge >= 0.3 is 5.97 Å². The normalized spacial score (nSPS) is 11.0. The number of benzene rings is 1. The molecule has 0 heterocycles. The Labute approximate surface area is 146 Å². The van der Waals surface area contributed by atoms with E-state index in [4.69, 9.17) is 9.84 Å². The monoisotopic (exact) mass is 332 g/mol. The van der Waals surface area contributed by atoms with Gasteiger partial charge in [-0.25, -0.2) is 4.79 Å². The Hall–Kier alpha value is -1.77. The molecule has 3 nitrogen and oxygen atoms in total. The molecule has 0 atom stereocenters. The summed E-state index contributed by atoms with van der Waals surface area (Å²) in [5.74, 6) is -0.181. The topological polar surface area (TPSA) is 46.5 Å². The van der Waals surface area contributed by atoms with Crippen LogP contribution in [0.25, 0.3) is 0 Å². The fraction of sp³-hybridized carbons (Fsp3) is 0.571. The van der Waals surface area contributed by atoms with Gasteiger partial charge in [-0.05, 0) is 49.9 Å². The zero-order valence-electron chi connectivity index (χ0n) is 15.0. The highest BCUT2D eigenvalue weighted by atomic mass is 16.5. The lowest BCUT2D eigenvalue weighted by atomic mass is 10.1. The molecule has 1 aromatic rings. The van der Waals surface area contributed by atoms with Crippen molar-refractivity contribution in [3.05, 3.63) is 42.0 Å². The minimum absolute atomic E-state index is 0.288. The number of hydrogen-bond acceptors (Lipinski definition) is 2. The van der Waals surface area contributed by atoms with E-state index in [2.05, 4.69) is 19.1 Å². The summed E-state index contributed by atoms with van der Waals surface area (Å²) in [7, 11) is 0. The van der Waals surface area contributed by atoms with Gasteiger partial charge in [0, 0.05) is 0 Å². The molecule has 0 aromatic heterocycles. The van der Waals surface area contributed by atoms with E-state index in [1.165, 1.54) is 51.4 Å². The highest BCUT2D eigenvalue weighted by Gasteiger charge is 2.01. The average molecular weight is 332 g/mol. The van der Waals surface area contributed by atoms with Crippen LogP contribution >= 0.6 is 0 Å². The Balaban J connectivity index is 1.95. The van der Waals surface area contributed by atoms with Crippen molar-refractivity contribution in [2.45, 2.75) is 71.1 Å². The summed E-state index contributed by atoms with van der Waals surface area (Å²) in [5, 5.41) is 8.83. The van der Waals surface area contributed by atoms with E-state index in [-0.39, 0.29) is 5.56 Å². The molecule has 0 radical (unpaired) electrons. The summed E-state index contributed by atoms with van der Waals surface area (Å²) < 4.78 is 5.61. The van der Waals surface area contributed by atoms with E-state index >= 15 is 0 Å². The number of aromatic carboxylic acids is 1. The zero-order chi connectivity index (χ0) is 17.5. The predicted molar refractivity (Wildman–Crippen MR) is 99.9 cm³/mol. The third kappa shape index (κ3) is 10.1. The van der Waals surface area contributed by atoms with Crippen molar-refractivity contribution >= 4 is 5.97 Å². The molecular weight excluding hydrogens is 300 g/mol. The SMILES string of the molecule is CCCCCCCCC/C=C/CCCOc1ccc(C(=O)O)cc1. The molecular formula is C21H32O3. The average Bonchev–Trinajstić information content (AvgIpc) is 2.59. The van der Waals surface area contributed by atoms with Crippen molar-refractivity contribution in [1.82, 2.24) is 0 Å². The van der Waals surface area contributed by atoms with Gasteiger partial charge in [0.15, 0.2) is 0 Å². The highest BCUT2D eigenvalue weighted by molar-refractivity contribution is 5.87. The Morgan fingerprint density at radius 1 is 0.917 bits per heavy atom. The number of carboxylic acids is 1. The second-order valence-corrected chi connectivity index (χ2v) is 6.20. The van der Waals surface area contributed by atoms with Crippen LogP contribution in [-0.2, 0) is 0 Å². The van der Waals surface area contributed by atoms with Crippen LogP contribution in [0, 0.1) is 0 Å². The van der Waals surface area contributed by atoms with Crippen molar-refractivity contribution in [2.24, 2.45) is 0 Å². The lowest BCUT2D eigenvalue weighted by molar-refractivity contribution is 0.0697. The number of allylic oxidation sites excluding steroid dienone is 2. The van der Waals surface area contributed by atoms with Crippen molar-refractivity contribution in [2.75, 3.05) is 6.61 Å². The Morgan fingerprint density at radius 2 is 1.50 bits per heavy atom. The Bertz CT molecular complexity index is 462. The van der Waals surface area contributed by atoms with E-state index in [1.54, 1.807) is 24.3 Å². The van der Waals surface area contributed by atoms with E-state index in [0.717, 1.165) is 18.6 Å². The first-order chi connectivity index (χ1) is 11.7. The molecule has 24 heavy (non-hydrogen) atoms. The summed E-state index contributed by atoms with van der Waals surface area (Å²) in [6, 6.07) is 6.55. The number of carboxylic acid groups (broad SMARTS) is 1. The lowest BCUT2D eigenvalue weighted by Crippen LogP contribution is -1.98. The minimum atomic E-state index is -0.910. The number of hydrogen-bond donors (Lipinski definition) is 1. The van der Waals surface area contributed by atoms with Crippen LogP contribution in [0.1, 0.15) is 81.5 Å². The number of ether oxygens (including phenoxy) is 1. The van der Waals surface area contributed by atoms with Gasteiger partial charge < -0.3 is 9.84 Å². The van der Waals surface area contributed by atoms with Crippen molar-refractivity contribution < 1.29 is 14.6 Å². The molecule has 0 fully saturated rings. The van der Waals surface area contributed by atoms with Gasteiger partial charge in [-0.15, -0.1) is 0 Å². The molecule has 0 aliphatic rings. The van der Waals surface area contributed by atoms with Crippen LogP contribution in [0.2, 0.25) is 0 Å². The summed E-state index contributed by atoms with van der Waals surface area (Å²) in [6.45, 7) is 2.92. The van der Waals surface area contributed by atoms with Crippen LogP contribution < -0.4 is 4.74 Å². The van der Waals surface area contributed by atoms with E-state index < -0.39 is 5.97 Å². The summed E-state index contributed by atoms with van der Waals surface area (Å²) in [6.07, 6.45) is 17.2. The fourth-order valence-corrected chi connectivity index (χ4v) is 2.54. The molecule has 0 saturated heterocycles. The number of rotatable bonds is 14. The van der Waals surface area contributed by atoms with E-state index in [9.17, 15) is 4.79 Å². The maximum Gasteiger partial charge on any atom is 0.335 e. The zero-order valence-corrected chi connectivity index (χ0v) is 15.0. The molecule has 0 spiro atoms. The first kappa shape index (κ1) is 20.3. The van der Waals surface area contributed by atoms with Gasteiger partial charge in [0.25, 0.3) is 0 Å². The molecule has 134 valence electrons. The van der Waals surface area contributed by atoms with Gasteiger partial charge in [-0.2, -0.15) is 0 Å². The Morgan fingerprint density at radius 3 is 2.12 bits per heavy atom. The molecule has 0 amide bonds. The highest BCUT2D eigenvalue weighted by Crippen LogP contribution is 2.13. The van der Waals surface area contributed by atoms with E-state index in [1.807, 2.05) is 0 Å². The standard InChI is InChI=1S/C21H32O3/c1-2-3-4-5-6-7-8-9-10-11-12-13-18-24-20-16-14-19(15-17-20)21(22)23/h10-11,14-17H,2-9,12-13,18H2,1H3,(H,22,23)/b11-10+.